The molecule has 108 valence electrons. The van der Waals surface area contributed by atoms with E-state index >= 15 is 0 Å². The Bertz CT molecular complexity index is 540. The molecule has 0 bridgehead atoms. The minimum Gasteiger partial charge on any atom is -0.354 e. The lowest BCUT2D eigenvalue weighted by atomic mass is 10.2. The fourth-order valence-electron chi connectivity index (χ4n) is 1.27. The lowest BCUT2D eigenvalue weighted by Gasteiger charge is -2.15. The van der Waals surface area contributed by atoms with Crippen molar-refractivity contribution in [3.05, 3.63) is 15.9 Å². The number of nitrogens with one attached hydrogen (secondary N) is 2. The largest absolute Gasteiger partial charge is 0.354 e. The van der Waals surface area contributed by atoms with E-state index in [9.17, 15) is 13.2 Å². The Morgan fingerprint density at radius 1 is 1.42 bits per heavy atom. The van der Waals surface area contributed by atoms with Crippen LogP contribution in [-0.2, 0) is 14.8 Å². The van der Waals surface area contributed by atoms with Crippen molar-refractivity contribution in [2.24, 2.45) is 5.92 Å². The quantitative estimate of drug-likeness (QED) is 0.805. The maximum atomic E-state index is 12.1. The Balaban J connectivity index is 2.69. The summed E-state index contributed by atoms with van der Waals surface area (Å²) < 4.78 is 27.2. The average molecular weight is 369 g/mol. The van der Waals surface area contributed by atoms with Crippen LogP contribution >= 0.6 is 27.3 Å². The fourth-order valence-corrected chi connectivity index (χ4v) is 4.83. The Hall–Kier alpha value is -0.440. The molecule has 19 heavy (non-hydrogen) atoms. The molecule has 0 spiro atoms. The zero-order valence-corrected chi connectivity index (χ0v) is 14.2. The molecule has 0 saturated heterocycles. The number of hydrogen-bond donors (Lipinski definition) is 2. The highest BCUT2D eigenvalue weighted by atomic mass is 79.9. The van der Waals surface area contributed by atoms with Crippen molar-refractivity contribution in [1.29, 1.82) is 0 Å². The van der Waals surface area contributed by atoms with Gasteiger partial charge in [-0.15, -0.1) is 11.3 Å². The monoisotopic (exact) mass is 368 g/mol. The van der Waals surface area contributed by atoms with Crippen molar-refractivity contribution in [1.82, 2.24) is 10.0 Å². The molecule has 8 heteroatoms. The predicted molar refractivity (Wildman–Crippen MR) is 79.7 cm³/mol. The summed E-state index contributed by atoms with van der Waals surface area (Å²) in [5.41, 5.74) is 0. The summed E-state index contributed by atoms with van der Waals surface area (Å²) >= 11 is 4.27. The molecule has 0 aliphatic carbocycles. The van der Waals surface area contributed by atoms with E-state index in [0.717, 1.165) is 11.3 Å². The molecule has 1 atom stereocenters. The predicted octanol–water partition coefficient (Wildman–Crippen LogP) is 1.95. The summed E-state index contributed by atoms with van der Waals surface area (Å²) in [4.78, 5) is 11.7. The van der Waals surface area contributed by atoms with Gasteiger partial charge in [0.25, 0.3) is 10.0 Å². The normalized spacial score (nSPS) is 13.5. The van der Waals surface area contributed by atoms with Gasteiger partial charge in [0.1, 0.15) is 4.21 Å². The molecule has 2 N–H and O–H groups in total. The molecular weight excluding hydrogens is 352 g/mol. The maximum Gasteiger partial charge on any atom is 0.251 e. The summed E-state index contributed by atoms with van der Waals surface area (Å²) in [6.45, 7) is 5.98. The number of thiophene rings is 1. The van der Waals surface area contributed by atoms with Gasteiger partial charge < -0.3 is 5.32 Å². The molecule has 1 unspecified atom stereocenters. The minimum absolute atomic E-state index is 0.177. The third kappa shape index (κ3) is 4.87. The highest BCUT2D eigenvalue weighted by Gasteiger charge is 2.24. The second kappa shape index (κ2) is 6.83. The molecule has 1 aromatic heterocycles. The van der Waals surface area contributed by atoms with E-state index in [1.165, 1.54) is 6.92 Å². The SMILES string of the molecule is CC(C)CNC(=O)C(C)NS(=O)(=O)c1sccc1Br. The van der Waals surface area contributed by atoms with Gasteiger partial charge in [0, 0.05) is 11.0 Å². The van der Waals surface area contributed by atoms with Crippen molar-refractivity contribution < 1.29 is 13.2 Å². The summed E-state index contributed by atoms with van der Waals surface area (Å²) in [7, 11) is -3.67. The third-order valence-electron chi connectivity index (χ3n) is 2.24. The molecule has 1 aromatic rings. The Morgan fingerprint density at radius 3 is 2.53 bits per heavy atom. The molecule has 0 fully saturated rings. The zero-order valence-electron chi connectivity index (χ0n) is 10.9. The molecular formula is C11H17BrN2O3S2. The van der Waals surface area contributed by atoms with Gasteiger partial charge in [-0.3, -0.25) is 4.79 Å². The summed E-state index contributed by atoms with van der Waals surface area (Å²) in [5.74, 6) is -0.0100. The lowest BCUT2D eigenvalue weighted by molar-refractivity contribution is -0.122. The summed E-state index contributed by atoms with van der Waals surface area (Å²) in [5, 5.41) is 4.36. The van der Waals surface area contributed by atoms with Gasteiger partial charge >= 0.3 is 0 Å². The number of amides is 1. The third-order valence-corrected chi connectivity index (χ3v) is 6.45. The van der Waals surface area contributed by atoms with E-state index in [1.54, 1.807) is 11.4 Å². The van der Waals surface area contributed by atoms with Gasteiger partial charge in [0.05, 0.1) is 6.04 Å². The standard InChI is InChI=1S/C11H17BrN2O3S2/c1-7(2)6-13-10(15)8(3)14-19(16,17)11-9(12)4-5-18-11/h4-5,7-8,14H,6H2,1-3H3,(H,13,15). The second-order valence-electron chi connectivity index (χ2n) is 4.54. The maximum absolute atomic E-state index is 12.1. The topological polar surface area (TPSA) is 75.3 Å². The molecule has 1 rings (SSSR count). The van der Waals surface area contributed by atoms with Gasteiger partial charge in [-0.25, -0.2) is 8.42 Å². The molecule has 0 aliphatic heterocycles. The number of halogens is 1. The average Bonchev–Trinajstić information content (AvgIpc) is 2.72. The lowest BCUT2D eigenvalue weighted by Crippen LogP contribution is -2.45. The molecule has 1 heterocycles. The van der Waals surface area contributed by atoms with E-state index in [4.69, 9.17) is 0 Å². The smallest absolute Gasteiger partial charge is 0.251 e. The molecule has 1 amide bonds. The van der Waals surface area contributed by atoms with E-state index in [-0.39, 0.29) is 10.1 Å². The molecule has 0 aliphatic rings. The summed E-state index contributed by atoms with van der Waals surface area (Å²) in [6, 6.07) is 0.848. The van der Waals surface area contributed by atoms with Crippen LogP contribution in [0.3, 0.4) is 0 Å². The first kappa shape index (κ1) is 16.6. The first-order chi connectivity index (χ1) is 8.74. The van der Waals surface area contributed by atoms with Gasteiger partial charge in [-0.05, 0) is 40.2 Å². The van der Waals surface area contributed by atoms with Crippen LogP contribution in [0.4, 0.5) is 0 Å². The van der Waals surface area contributed by atoms with Crippen LogP contribution in [0.2, 0.25) is 0 Å². The number of sulfonamides is 1. The zero-order chi connectivity index (χ0) is 14.6. The van der Waals surface area contributed by atoms with Crippen LogP contribution in [0.25, 0.3) is 0 Å². The van der Waals surface area contributed by atoms with Crippen LogP contribution in [0, 0.1) is 5.92 Å². The number of carbonyl (C=O) groups excluding carboxylic acids is 1. The van der Waals surface area contributed by atoms with E-state index in [1.807, 2.05) is 13.8 Å². The summed E-state index contributed by atoms with van der Waals surface area (Å²) in [6.07, 6.45) is 0. The van der Waals surface area contributed by atoms with Gasteiger partial charge in [-0.2, -0.15) is 4.72 Å². The van der Waals surface area contributed by atoms with E-state index in [2.05, 4.69) is 26.0 Å². The number of rotatable bonds is 6. The van der Waals surface area contributed by atoms with Gasteiger partial charge in [-0.1, -0.05) is 13.8 Å². The van der Waals surface area contributed by atoms with Crippen LogP contribution in [0.5, 0.6) is 0 Å². The van der Waals surface area contributed by atoms with Crippen molar-refractivity contribution in [3.63, 3.8) is 0 Å². The highest BCUT2D eigenvalue weighted by molar-refractivity contribution is 9.10. The molecule has 5 nitrogen and oxygen atoms in total. The van der Waals surface area contributed by atoms with Gasteiger partial charge in [0.2, 0.25) is 5.91 Å². The molecule has 0 aromatic carbocycles. The Labute approximate surface area is 126 Å². The van der Waals surface area contributed by atoms with Gasteiger partial charge in [0.15, 0.2) is 0 Å². The van der Waals surface area contributed by atoms with Crippen molar-refractivity contribution in [2.75, 3.05) is 6.54 Å². The van der Waals surface area contributed by atoms with Crippen LogP contribution in [-0.4, -0.2) is 26.9 Å². The highest BCUT2D eigenvalue weighted by Crippen LogP contribution is 2.27. The van der Waals surface area contributed by atoms with Crippen LogP contribution < -0.4 is 10.0 Å². The van der Waals surface area contributed by atoms with E-state index in [0.29, 0.717) is 16.9 Å². The molecule has 0 saturated carbocycles. The Morgan fingerprint density at radius 2 is 2.05 bits per heavy atom. The van der Waals surface area contributed by atoms with E-state index < -0.39 is 16.1 Å². The number of hydrogen-bond acceptors (Lipinski definition) is 4. The first-order valence-corrected chi connectivity index (χ1v) is 8.92. The molecule has 0 radical (unpaired) electrons. The van der Waals surface area contributed by atoms with Crippen molar-refractivity contribution >= 4 is 43.2 Å². The van der Waals surface area contributed by atoms with Crippen LogP contribution in [0.1, 0.15) is 20.8 Å². The minimum atomic E-state index is -3.67. The second-order valence-corrected chi connectivity index (χ2v) is 8.22. The van der Waals surface area contributed by atoms with Crippen molar-refractivity contribution in [3.8, 4) is 0 Å². The fraction of sp³-hybridized carbons (Fsp3) is 0.545. The number of carbonyl (C=O) groups is 1. The van der Waals surface area contributed by atoms with Crippen LogP contribution in [0.15, 0.2) is 20.1 Å². The first-order valence-electron chi connectivity index (χ1n) is 5.77. The Kier molecular flexibility index (Phi) is 5.97. The van der Waals surface area contributed by atoms with Crippen molar-refractivity contribution in [2.45, 2.75) is 31.0 Å².